The molecule has 2 nitrogen and oxygen atoms in total. The smallest absolute Gasteiger partial charge is 0.234 e. The van der Waals surface area contributed by atoms with Crippen LogP contribution in [-0.2, 0) is 4.79 Å². The third-order valence-electron chi connectivity index (χ3n) is 1.96. The molecule has 0 heterocycles. The Balaban J connectivity index is 2.78. The molecule has 0 spiro atoms. The van der Waals surface area contributed by atoms with Gasteiger partial charge in [0.05, 0.1) is 4.43 Å². The van der Waals surface area contributed by atoms with Crippen LogP contribution in [0.15, 0.2) is 24.3 Å². The van der Waals surface area contributed by atoms with Gasteiger partial charge in [-0.05, 0) is 23.6 Å². The molecule has 3 heteroatoms. The number of anilines is 1. The summed E-state index contributed by atoms with van der Waals surface area (Å²) < 4.78 is 0.490. The molecule has 1 N–H and O–H groups in total. The minimum absolute atomic E-state index is 0.0477. The Hall–Kier alpha value is -0.580. The fraction of sp³-hybridized carbons (Fsp3) is 0.364. The highest BCUT2D eigenvalue weighted by molar-refractivity contribution is 14.1. The second kappa shape index (κ2) is 5.34. The van der Waals surface area contributed by atoms with Gasteiger partial charge >= 0.3 is 0 Å². The van der Waals surface area contributed by atoms with E-state index in [1.807, 2.05) is 18.2 Å². The van der Waals surface area contributed by atoms with Crippen molar-refractivity contribution in [1.82, 2.24) is 0 Å². The normalized spacial score (nSPS) is 10.3. The maximum Gasteiger partial charge on any atom is 0.234 e. The van der Waals surface area contributed by atoms with E-state index in [0.29, 0.717) is 10.3 Å². The first-order valence-electron chi connectivity index (χ1n) is 4.59. The van der Waals surface area contributed by atoms with Crippen molar-refractivity contribution >= 4 is 34.2 Å². The lowest BCUT2D eigenvalue weighted by atomic mass is 10.0. The summed E-state index contributed by atoms with van der Waals surface area (Å²) in [4.78, 5) is 11.1. The molecular weight excluding hydrogens is 289 g/mol. The largest absolute Gasteiger partial charge is 0.325 e. The summed E-state index contributed by atoms with van der Waals surface area (Å²) in [6.07, 6.45) is 0. The predicted molar refractivity (Wildman–Crippen MR) is 68.0 cm³/mol. The molecule has 0 fully saturated rings. The van der Waals surface area contributed by atoms with Crippen LogP contribution in [0.25, 0.3) is 0 Å². The van der Waals surface area contributed by atoms with Crippen LogP contribution in [0, 0.1) is 0 Å². The summed E-state index contributed by atoms with van der Waals surface area (Å²) in [7, 11) is 0. The zero-order valence-corrected chi connectivity index (χ0v) is 10.5. The van der Waals surface area contributed by atoms with Crippen molar-refractivity contribution in [3.05, 3.63) is 29.8 Å². The summed E-state index contributed by atoms with van der Waals surface area (Å²) in [6.45, 7) is 4.28. The number of alkyl halides is 1. The molecule has 1 aromatic carbocycles. The van der Waals surface area contributed by atoms with Gasteiger partial charge in [0.2, 0.25) is 5.91 Å². The first-order valence-corrected chi connectivity index (χ1v) is 6.12. The van der Waals surface area contributed by atoms with Crippen molar-refractivity contribution in [1.29, 1.82) is 0 Å². The maximum atomic E-state index is 11.1. The highest BCUT2D eigenvalue weighted by Gasteiger charge is 2.02. The van der Waals surface area contributed by atoms with E-state index in [4.69, 9.17) is 0 Å². The number of nitrogens with one attached hydrogen (secondary N) is 1. The second-order valence-corrected chi connectivity index (χ2v) is 4.22. The molecule has 76 valence electrons. The third-order valence-corrected chi connectivity index (χ3v) is 2.65. The molecule has 0 aliphatic rings. The molecule has 0 unspecified atom stereocenters. The number of benzene rings is 1. The fourth-order valence-electron chi connectivity index (χ4n) is 1.17. The molecular formula is C11H14INO. The maximum absolute atomic E-state index is 11.1. The van der Waals surface area contributed by atoms with Crippen LogP contribution < -0.4 is 5.32 Å². The standard InChI is InChI=1S/C11H14INO/c1-8(2)9-4-3-5-10(6-9)13-11(14)7-12/h3-6,8H,7H2,1-2H3,(H,13,14). The van der Waals surface area contributed by atoms with E-state index in [9.17, 15) is 4.79 Å². The number of carbonyl (C=O) groups excluding carboxylic acids is 1. The fourth-order valence-corrected chi connectivity index (χ4v) is 1.36. The average Bonchev–Trinajstić information content (AvgIpc) is 2.18. The zero-order valence-electron chi connectivity index (χ0n) is 8.38. The van der Waals surface area contributed by atoms with Crippen LogP contribution in [0.1, 0.15) is 25.3 Å². The van der Waals surface area contributed by atoms with E-state index in [1.165, 1.54) is 5.56 Å². The van der Waals surface area contributed by atoms with Crippen molar-refractivity contribution in [2.24, 2.45) is 0 Å². The lowest BCUT2D eigenvalue weighted by Crippen LogP contribution is -2.12. The van der Waals surface area contributed by atoms with Gasteiger partial charge < -0.3 is 5.32 Å². The monoisotopic (exact) mass is 303 g/mol. The van der Waals surface area contributed by atoms with Crippen LogP contribution in [0.3, 0.4) is 0 Å². The highest BCUT2D eigenvalue weighted by Crippen LogP contribution is 2.18. The molecule has 0 saturated carbocycles. The lowest BCUT2D eigenvalue weighted by Gasteiger charge is -2.08. The van der Waals surface area contributed by atoms with Crippen molar-refractivity contribution in [2.45, 2.75) is 19.8 Å². The van der Waals surface area contributed by atoms with Gasteiger partial charge in [0, 0.05) is 5.69 Å². The molecule has 1 rings (SSSR count). The third kappa shape index (κ3) is 3.29. The Labute approximate surface area is 98.2 Å². The van der Waals surface area contributed by atoms with Crippen LogP contribution in [0.5, 0.6) is 0 Å². The van der Waals surface area contributed by atoms with E-state index in [1.54, 1.807) is 0 Å². The Morgan fingerprint density at radius 2 is 2.21 bits per heavy atom. The van der Waals surface area contributed by atoms with E-state index in [2.05, 4.69) is 47.8 Å². The lowest BCUT2D eigenvalue weighted by molar-refractivity contribution is -0.113. The van der Waals surface area contributed by atoms with E-state index in [-0.39, 0.29) is 5.91 Å². The molecule has 0 radical (unpaired) electrons. The van der Waals surface area contributed by atoms with Crippen molar-refractivity contribution in [3.8, 4) is 0 Å². The summed E-state index contributed by atoms with van der Waals surface area (Å²) >= 11 is 2.05. The van der Waals surface area contributed by atoms with Gasteiger partial charge in [-0.25, -0.2) is 0 Å². The van der Waals surface area contributed by atoms with Gasteiger partial charge in [-0.1, -0.05) is 48.6 Å². The predicted octanol–water partition coefficient (Wildman–Crippen LogP) is 3.18. The summed E-state index contributed by atoms with van der Waals surface area (Å²) in [5.41, 5.74) is 2.13. The highest BCUT2D eigenvalue weighted by atomic mass is 127. The molecule has 0 aliphatic carbocycles. The zero-order chi connectivity index (χ0) is 10.6. The van der Waals surface area contributed by atoms with Crippen molar-refractivity contribution < 1.29 is 4.79 Å². The van der Waals surface area contributed by atoms with Crippen LogP contribution in [-0.4, -0.2) is 10.3 Å². The minimum atomic E-state index is 0.0477. The molecule has 14 heavy (non-hydrogen) atoms. The molecule has 0 bridgehead atoms. The van der Waals surface area contributed by atoms with Gasteiger partial charge in [-0.3, -0.25) is 4.79 Å². The van der Waals surface area contributed by atoms with Gasteiger partial charge in [-0.2, -0.15) is 0 Å². The van der Waals surface area contributed by atoms with Gasteiger partial charge in [-0.15, -0.1) is 0 Å². The summed E-state index contributed by atoms with van der Waals surface area (Å²) in [5, 5.41) is 2.84. The van der Waals surface area contributed by atoms with Gasteiger partial charge in [0.25, 0.3) is 0 Å². The number of amides is 1. The van der Waals surface area contributed by atoms with E-state index < -0.39 is 0 Å². The number of hydrogen-bond acceptors (Lipinski definition) is 1. The molecule has 0 aliphatic heterocycles. The van der Waals surface area contributed by atoms with Crippen molar-refractivity contribution in [3.63, 3.8) is 0 Å². The molecule has 1 aromatic rings. The van der Waals surface area contributed by atoms with Crippen molar-refractivity contribution in [2.75, 3.05) is 9.74 Å². The molecule has 0 atom stereocenters. The van der Waals surface area contributed by atoms with Crippen LogP contribution in [0.4, 0.5) is 5.69 Å². The number of carbonyl (C=O) groups is 1. The van der Waals surface area contributed by atoms with E-state index in [0.717, 1.165) is 5.69 Å². The van der Waals surface area contributed by atoms with Gasteiger partial charge in [0.15, 0.2) is 0 Å². The Morgan fingerprint density at radius 3 is 2.79 bits per heavy atom. The number of hydrogen-bond donors (Lipinski definition) is 1. The SMILES string of the molecule is CC(C)c1cccc(NC(=O)CI)c1. The average molecular weight is 303 g/mol. The number of halogens is 1. The van der Waals surface area contributed by atoms with E-state index >= 15 is 0 Å². The second-order valence-electron chi connectivity index (χ2n) is 3.46. The quantitative estimate of drug-likeness (QED) is 0.674. The Kier molecular flexibility index (Phi) is 4.38. The molecule has 1 amide bonds. The first kappa shape index (κ1) is 11.5. The molecule has 0 saturated heterocycles. The Morgan fingerprint density at radius 1 is 1.50 bits per heavy atom. The summed E-state index contributed by atoms with van der Waals surface area (Å²) in [5.74, 6) is 0.540. The summed E-state index contributed by atoms with van der Waals surface area (Å²) in [6, 6.07) is 7.98. The van der Waals surface area contributed by atoms with Gasteiger partial charge in [0.1, 0.15) is 0 Å². The van der Waals surface area contributed by atoms with Crippen LogP contribution in [0.2, 0.25) is 0 Å². The molecule has 0 aromatic heterocycles. The first-order chi connectivity index (χ1) is 6.63. The minimum Gasteiger partial charge on any atom is -0.325 e. The Bertz CT molecular complexity index is 323. The van der Waals surface area contributed by atoms with Crippen LogP contribution >= 0.6 is 22.6 Å². The number of rotatable bonds is 3. The topological polar surface area (TPSA) is 29.1 Å².